The second-order valence-corrected chi connectivity index (χ2v) is 4.16. The number of phenols is 1. The minimum atomic E-state index is -0.149. The summed E-state index contributed by atoms with van der Waals surface area (Å²) < 4.78 is 5.53. The fraction of sp³-hybridized carbons (Fsp3) is 0.462. The summed E-state index contributed by atoms with van der Waals surface area (Å²) in [6.07, 6.45) is 1.50. The van der Waals surface area contributed by atoms with Gasteiger partial charge in [0.05, 0.1) is 12.2 Å². The first-order valence-electron chi connectivity index (χ1n) is 5.65. The number of benzene rings is 1. The molecular weight excluding hydrogens is 240 g/mol. The lowest BCUT2D eigenvalue weighted by molar-refractivity contribution is 0.101. The number of phenolic OH excluding ortho intramolecular Hbond substituents is 1. The van der Waals surface area contributed by atoms with Gasteiger partial charge in [-0.15, -0.1) is 11.6 Å². The molecule has 0 amide bonds. The van der Waals surface area contributed by atoms with Gasteiger partial charge in [-0.1, -0.05) is 6.92 Å². The number of carbonyl (C=O) groups excluding carboxylic acids is 1. The minimum absolute atomic E-state index is 0.0319. The van der Waals surface area contributed by atoms with Crippen LogP contribution in [-0.2, 0) is 6.42 Å². The molecule has 0 fully saturated rings. The lowest BCUT2D eigenvalue weighted by Crippen LogP contribution is -2.02. The second kappa shape index (κ2) is 6.50. The average Bonchev–Trinajstić information content (AvgIpc) is 2.29. The van der Waals surface area contributed by atoms with E-state index in [1.807, 2.05) is 6.92 Å². The van der Waals surface area contributed by atoms with Crippen molar-refractivity contribution in [3.8, 4) is 11.5 Å². The molecule has 1 aromatic carbocycles. The summed E-state index contributed by atoms with van der Waals surface area (Å²) in [5.74, 6) is 0.985. The molecule has 0 saturated heterocycles. The molecule has 0 aliphatic carbocycles. The predicted molar refractivity (Wildman–Crippen MR) is 68.3 cm³/mol. The molecule has 0 saturated carbocycles. The summed E-state index contributed by atoms with van der Waals surface area (Å²) in [5, 5.41) is 9.71. The lowest BCUT2D eigenvalue weighted by atomic mass is 10.0. The highest BCUT2D eigenvalue weighted by Gasteiger charge is 2.12. The molecule has 0 bridgehead atoms. The standard InChI is InChI=1S/C13H17ClO3/c1-3-10-7-11(9(2)15)12(16)8-13(10)17-6-4-5-14/h7-8,16H,3-6H2,1-2H3. The van der Waals surface area contributed by atoms with E-state index in [0.29, 0.717) is 23.8 Å². The number of ketones is 1. The van der Waals surface area contributed by atoms with Crippen molar-refractivity contribution < 1.29 is 14.6 Å². The SMILES string of the molecule is CCc1cc(C(C)=O)c(O)cc1OCCCCl. The molecular formula is C13H17ClO3. The first-order chi connectivity index (χ1) is 8.10. The Hall–Kier alpha value is -1.22. The van der Waals surface area contributed by atoms with Gasteiger partial charge in [0.25, 0.3) is 0 Å². The van der Waals surface area contributed by atoms with Crippen molar-refractivity contribution in [2.24, 2.45) is 0 Å². The van der Waals surface area contributed by atoms with Crippen LogP contribution in [0, 0.1) is 0 Å². The summed E-state index contributed by atoms with van der Waals surface area (Å²) in [5.41, 5.74) is 1.26. The van der Waals surface area contributed by atoms with E-state index < -0.39 is 0 Å². The van der Waals surface area contributed by atoms with Crippen molar-refractivity contribution in [3.63, 3.8) is 0 Å². The quantitative estimate of drug-likeness (QED) is 0.483. The van der Waals surface area contributed by atoms with E-state index in [-0.39, 0.29) is 11.5 Å². The third-order valence-corrected chi connectivity index (χ3v) is 2.74. The predicted octanol–water partition coefficient (Wildman–Crippen LogP) is 3.16. The molecule has 0 aromatic heterocycles. The Kier molecular flexibility index (Phi) is 5.29. The first-order valence-corrected chi connectivity index (χ1v) is 6.19. The molecule has 17 heavy (non-hydrogen) atoms. The summed E-state index contributed by atoms with van der Waals surface area (Å²) >= 11 is 5.57. The van der Waals surface area contributed by atoms with Gasteiger partial charge in [0.2, 0.25) is 0 Å². The molecule has 0 aliphatic heterocycles. The summed E-state index contributed by atoms with van der Waals surface area (Å²) in [4.78, 5) is 11.3. The number of Topliss-reactive ketones (excluding diaryl/α,β-unsaturated/α-hetero) is 1. The molecule has 3 nitrogen and oxygen atoms in total. The highest BCUT2D eigenvalue weighted by molar-refractivity contribution is 6.17. The Morgan fingerprint density at radius 1 is 1.47 bits per heavy atom. The van der Waals surface area contributed by atoms with Gasteiger partial charge in [0.1, 0.15) is 11.5 Å². The maximum Gasteiger partial charge on any atom is 0.163 e. The Balaban J connectivity index is 2.97. The molecule has 1 N–H and O–H groups in total. The highest BCUT2D eigenvalue weighted by Crippen LogP contribution is 2.29. The smallest absolute Gasteiger partial charge is 0.163 e. The number of hydrogen-bond acceptors (Lipinski definition) is 3. The Morgan fingerprint density at radius 2 is 2.18 bits per heavy atom. The van der Waals surface area contributed by atoms with E-state index in [9.17, 15) is 9.90 Å². The number of halogens is 1. The van der Waals surface area contributed by atoms with Crippen LogP contribution in [0.1, 0.15) is 36.2 Å². The van der Waals surface area contributed by atoms with Crippen molar-refractivity contribution in [1.82, 2.24) is 0 Å². The molecule has 0 aliphatic rings. The van der Waals surface area contributed by atoms with E-state index in [2.05, 4.69) is 0 Å². The molecule has 0 heterocycles. The van der Waals surface area contributed by atoms with Gasteiger partial charge in [-0.25, -0.2) is 0 Å². The number of aryl methyl sites for hydroxylation is 1. The molecule has 0 spiro atoms. The van der Waals surface area contributed by atoms with Crippen molar-refractivity contribution in [2.75, 3.05) is 12.5 Å². The number of rotatable bonds is 6. The molecule has 0 radical (unpaired) electrons. The largest absolute Gasteiger partial charge is 0.507 e. The lowest BCUT2D eigenvalue weighted by Gasteiger charge is -2.12. The van der Waals surface area contributed by atoms with E-state index >= 15 is 0 Å². The number of hydrogen-bond donors (Lipinski definition) is 1. The maximum absolute atomic E-state index is 11.3. The average molecular weight is 257 g/mol. The number of alkyl halides is 1. The maximum atomic E-state index is 11.3. The second-order valence-electron chi connectivity index (χ2n) is 3.78. The fourth-order valence-electron chi connectivity index (χ4n) is 1.54. The van der Waals surface area contributed by atoms with Gasteiger partial charge in [-0.3, -0.25) is 4.79 Å². The molecule has 1 aromatic rings. The zero-order valence-corrected chi connectivity index (χ0v) is 10.9. The van der Waals surface area contributed by atoms with Gasteiger partial charge < -0.3 is 9.84 Å². The normalized spacial score (nSPS) is 10.3. The van der Waals surface area contributed by atoms with Crippen LogP contribution in [0.25, 0.3) is 0 Å². The van der Waals surface area contributed by atoms with Crippen molar-refractivity contribution in [1.29, 1.82) is 0 Å². The van der Waals surface area contributed by atoms with E-state index in [1.165, 1.54) is 13.0 Å². The van der Waals surface area contributed by atoms with Gasteiger partial charge >= 0.3 is 0 Å². The van der Waals surface area contributed by atoms with E-state index in [0.717, 1.165) is 18.4 Å². The zero-order chi connectivity index (χ0) is 12.8. The molecule has 0 atom stereocenters. The third kappa shape index (κ3) is 3.63. The fourth-order valence-corrected chi connectivity index (χ4v) is 1.65. The van der Waals surface area contributed by atoms with E-state index in [4.69, 9.17) is 16.3 Å². The Bertz CT molecular complexity index is 402. The molecule has 4 heteroatoms. The monoisotopic (exact) mass is 256 g/mol. The van der Waals surface area contributed by atoms with Crippen LogP contribution in [-0.4, -0.2) is 23.4 Å². The van der Waals surface area contributed by atoms with E-state index in [1.54, 1.807) is 6.07 Å². The van der Waals surface area contributed by atoms with Crippen molar-refractivity contribution in [3.05, 3.63) is 23.3 Å². The topological polar surface area (TPSA) is 46.5 Å². The van der Waals surface area contributed by atoms with Gasteiger partial charge in [0, 0.05) is 11.9 Å². The number of aromatic hydroxyl groups is 1. The van der Waals surface area contributed by atoms with Crippen molar-refractivity contribution in [2.45, 2.75) is 26.7 Å². The van der Waals surface area contributed by atoms with Crippen LogP contribution in [0.2, 0.25) is 0 Å². The van der Waals surface area contributed by atoms with Crippen LogP contribution >= 0.6 is 11.6 Å². The Labute approximate surface area is 106 Å². The van der Waals surface area contributed by atoms with Crippen molar-refractivity contribution >= 4 is 17.4 Å². The third-order valence-electron chi connectivity index (χ3n) is 2.47. The van der Waals surface area contributed by atoms with Gasteiger partial charge in [-0.05, 0) is 31.4 Å². The highest BCUT2D eigenvalue weighted by atomic mass is 35.5. The number of ether oxygens (including phenoxy) is 1. The van der Waals surface area contributed by atoms with Crippen LogP contribution in [0.3, 0.4) is 0 Å². The molecule has 0 unspecified atom stereocenters. The first kappa shape index (κ1) is 13.8. The Morgan fingerprint density at radius 3 is 2.71 bits per heavy atom. The molecule has 1 rings (SSSR count). The molecule has 94 valence electrons. The van der Waals surface area contributed by atoms with Crippen LogP contribution in [0.5, 0.6) is 11.5 Å². The number of carbonyl (C=O) groups is 1. The van der Waals surface area contributed by atoms with Crippen LogP contribution < -0.4 is 4.74 Å². The van der Waals surface area contributed by atoms with Gasteiger partial charge in [0.15, 0.2) is 5.78 Å². The van der Waals surface area contributed by atoms with Crippen LogP contribution in [0.15, 0.2) is 12.1 Å². The summed E-state index contributed by atoms with van der Waals surface area (Å²) in [7, 11) is 0. The van der Waals surface area contributed by atoms with Gasteiger partial charge in [-0.2, -0.15) is 0 Å². The van der Waals surface area contributed by atoms with Crippen LogP contribution in [0.4, 0.5) is 0 Å². The summed E-state index contributed by atoms with van der Waals surface area (Å²) in [6, 6.07) is 3.19. The summed E-state index contributed by atoms with van der Waals surface area (Å²) in [6.45, 7) is 3.92. The minimum Gasteiger partial charge on any atom is -0.507 e. The zero-order valence-electron chi connectivity index (χ0n) is 10.1.